The second-order valence-electron chi connectivity index (χ2n) is 32.6. The van der Waals surface area contributed by atoms with Gasteiger partial charge in [-0.15, -0.1) is 0 Å². The van der Waals surface area contributed by atoms with Crippen molar-refractivity contribution in [2.45, 2.75) is 158 Å². The van der Waals surface area contributed by atoms with Crippen LogP contribution < -0.4 is 37.9 Å². The summed E-state index contributed by atoms with van der Waals surface area (Å²) in [7, 11) is 0. The van der Waals surface area contributed by atoms with Gasteiger partial charge in [-0.3, -0.25) is 9.98 Å². The Morgan fingerprint density at radius 1 is 0.221 bits per heavy atom. The molecule has 0 unspecified atom stereocenters. The first kappa shape index (κ1) is 99.6. The van der Waals surface area contributed by atoms with Crippen molar-refractivity contribution >= 4 is 132 Å². The molecule has 704 valence electrons. The summed E-state index contributed by atoms with van der Waals surface area (Å²) in [4.78, 5) is 10.4. The molecule has 23 heteroatoms. The molecule has 0 amide bonds. The van der Waals surface area contributed by atoms with E-state index >= 15 is 0 Å². The number of para-hydroxylation sites is 2. The molecule has 0 spiro atoms. The van der Waals surface area contributed by atoms with Crippen molar-refractivity contribution in [1.82, 2.24) is 0 Å². The predicted molar refractivity (Wildman–Crippen MR) is 525 cm³/mol. The molecule has 0 saturated carbocycles. The predicted octanol–water partition coefficient (Wildman–Crippen LogP) is 25.1. The van der Waals surface area contributed by atoms with Gasteiger partial charge in [0.25, 0.3) is 0 Å². The topological polar surface area (TPSA) is 253 Å². The smallest absolute Gasteiger partial charge is 0.132 e. The van der Waals surface area contributed by atoms with Crippen LogP contribution in [0, 0.1) is 0 Å². The third kappa shape index (κ3) is 25.1. The standard InChI is InChI=1S/C108H132N2O20.Ni/c1-9-17-41-115-49-57-123-89-39-37-87(111)81-67-91(125-59-51-117-43-19-11-3)77-33-29-73-31-35-79-93(127-61-53-119-45-21-13-5)69-83-101(105(79)97(73)103(77)99(81)89)95(129-63-55-121-47-23-15-7)65-75(107(83)113)71-109-85-27-25-26-28-86(85)110-72-76-66-96(130-64-56-122-48-24-16-8)102-84(108(76)114)70-94(128-62-54-120-46-22-14-6)80-36-32-74-30-34-78-92(126-60-52-118-44-20-12-4)68-82-88(112)38-40-90(124-58-50-116-42-18-10-2)100(82)104(78)98(74)106(80)102;/h25-40,65-72,111-114H,9-24,41-64H2,1-8H3;. The van der Waals surface area contributed by atoms with Crippen LogP contribution in [0.2, 0.25) is 0 Å². The number of hydrogen-bond acceptors (Lipinski definition) is 22. The van der Waals surface area contributed by atoms with Crippen LogP contribution in [0.15, 0.2) is 143 Å². The van der Waals surface area contributed by atoms with E-state index in [-0.39, 0.29) is 106 Å². The summed E-state index contributed by atoms with van der Waals surface area (Å²) in [5.74, 6) is 3.79. The van der Waals surface area contributed by atoms with Crippen LogP contribution >= 0.6 is 0 Å². The van der Waals surface area contributed by atoms with Crippen molar-refractivity contribution in [3.63, 3.8) is 0 Å². The van der Waals surface area contributed by atoms with Gasteiger partial charge in [-0.05, 0) is 170 Å². The Kier molecular flexibility index (Phi) is 39.6. The van der Waals surface area contributed by atoms with Crippen molar-refractivity contribution in [3.05, 3.63) is 145 Å². The first-order valence-corrected chi connectivity index (χ1v) is 47.4. The van der Waals surface area contributed by atoms with Gasteiger partial charge in [-0.2, -0.15) is 0 Å². The number of hydrogen-bond donors (Lipinski definition) is 4. The minimum absolute atomic E-state index is 0. The summed E-state index contributed by atoms with van der Waals surface area (Å²) in [6.07, 6.45) is 18.3. The van der Waals surface area contributed by atoms with Crippen LogP contribution in [0.25, 0.3) is 108 Å². The molecule has 13 rings (SSSR count). The maximum absolute atomic E-state index is 13.4. The van der Waals surface area contributed by atoms with Gasteiger partial charge in [0.2, 0.25) is 0 Å². The molecule has 0 heterocycles. The average Bonchev–Trinajstić information content (AvgIpc) is 0.708. The van der Waals surface area contributed by atoms with Gasteiger partial charge >= 0.3 is 0 Å². The molecule has 131 heavy (non-hydrogen) atoms. The number of aliphatic imine (C=N–C) groups is 2. The number of fused-ring (bicyclic) bond motifs is 18. The number of phenols is 4. The van der Waals surface area contributed by atoms with E-state index in [0.717, 1.165) is 157 Å². The van der Waals surface area contributed by atoms with Crippen molar-refractivity contribution in [3.8, 4) is 69.0 Å². The summed E-state index contributed by atoms with van der Waals surface area (Å²) in [6.45, 7) is 26.0. The Morgan fingerprint density at radius 2 is 0.458 bits per heavy atom. The first-order valence-electron chi connectivity index (χ1n) is 47.4. The molecule has 22 nitrogen and oxygen atoms in total. The van der Waals surface area contributed by atoms with E-state index in [1.165, 1.54) is 0 Å². The van der Waals surface area contributed by atoms with E-state index in [2.05, 4.69) is 79.7 Å². The number of benzene rings is 13. The van der Waals surface area contributed by atoms with Crippen molar-refractivity contribution in [1.29, 1.82) is 0 Å². The normalized spacial score (nSPS) is 11.9. The van der Waals surface area contributed by atoms with E-state index in [0.29, 0.717) is 215 Å². The van der Waals surface area contributed by atoms with Crippen LogP contribution in [0.4, 0.5) is 11.4 Å². The SMILES string of the molecule is CCCCOCCOc1cc2c(O)ccc(OCCOCCCC)c2c2c1ccc1ccc3c(OCCOCCCC)cc4c(O)c(C=Nc5ccccc5N=Cc5cc(OCCOCCCC)c6c(cc(OCCOCCCC)c7ccc8ccc9c(OCCOCCCC)cc%10c(O)ccc(OCCOCCCC)c%10c9c8c76)c5O)cc(OCCOCCCC)c4c3c12.[Ni]. The molecule has 0 aromatic heterocycles. The second-order valence-corrected chi connectivity index (χ2v) is 32.6. The molecule has 0 fully saturated rings. The second kappa shape index (κ2) is 52.1. The van der Waals surface area contributed by atoms with E-state index in [9.17, 15) is 20.4 Å². The molecule has 0 aliphatic heterocycles. The van der Waals surface area contributed by atoms with Gasteiger partial charge in [0.1, 0.15) is 122 Å². The fourth-order valence-electron chi connectivity index (χ4n) is 16.3. The molecule has 0 saturated heterocycles. The Morgan fingerprint density at radius 3 is 0.718 bits per heavy atom. The Balaban J connectivity index is 0.0000155. The zero-order valence-corrected chi connectivity index (χ0v) is 78.7. The van der Waals surface area contributed by atoms with Gasteiger partial charge in [0.15, 0.2) is 0 Å². The molecule has 0 aliphatic carbocycles. The number of rotatable bonds is 60. The Bertz CT molecular complexity index is 5560. The summed E-state index contributed by atoms with van der Waals surface area (Å²) in [6, 6.07) is 41.9. The largest absolute Gasteiger partial charge is 0.507 e. The molecular weight excluding hydrogens is 1700 g/mol. The van der Waals surface area contributed by atoms with E-state index < -0.39 is 0 Å². The third-order valence-corrected chi connectivity index (χ3v) is 23.2. The molecule has 0 aliphatic rings. The quantitative estimate of drug-likeness (QED) is 0.0120. The van der Waals surface area contributed by atoms with E-state index in [1.54, 1.807) is 36.7 Å². The fourth-order valence-corrected chi connectivity index (χ4v) is 16.3. The molecule has 0 bridgehead atoms. The van der Waals surface area contributed by atoms with Crippen LogP contribution in [0.5, 0.6) is 69.0 Å². The van der Waals surface area contributed by atoms with Gasteiger partial charge < -0.3 is 96.2 Å². The number of phenolic OH excluding ortho intramolecular Hbond substituents is 4. The monoisotopic (exact) mass is 1830 g/mol. The van der Waals surface area contributed by atoms with Crippen molar-refractivity contribution in [2.24, 2.45) is 9.98 Å². The van der Waals surface area contributed by atoms with Crippen LogP contribution in [0.3, 0.4) is 0 Å². The fraction of sp³-hybridized carbons (Fsp3) is 0.444. The minimum Gasteiger partial charge on any atom is -0.507 e. The van der Waals surface area contributed by atoms with E-state index in [4.69, 9.17) is 85.8 Å². The van der Waals surface area contributed by atoms with Crippen molar-refractivity contribution < 1.29 is 113 Å². The maximum atomic E-state index is 13.4. The average molecular weight is 1840 g/mol. The van der Waals surface area contributed by atoms with Crippen molar-refractivity contribution in [2.75, 3.05) is 159 Å². The van der Waals surface area contributed by atoms with Gasteiger partial charge in [0.05, 0.1) is 64.2 Å². The zero-order valence-electron chi connectivity index (χ0n) is 77.7. The summed E-state index contributed by atoms with van der Waals surface area (Å²) >= 11 is 0. The summed E-state index contributed by atoms with van der Waals surface area (Å²) in [5, 5.41) is 64.4. The van der Waals surface area contributed by atoms with Gasteiger partial charge in [-0.1, -0.05) is 143 Å². The van der Waals surface area contributed by atoms with Crippen LogP contribution in [-0.2, 0) is 54.4 Å². The summed E-state index contributed by atoms with van der Waals surface area (Å²) < 4.78 is 104. The molecule has 0 radical (unpaired) electrons. The van der Waals surface area contributed by atoms with Crippen LogP contribution in [-0.4, -0.2) is 191 Å². The molecule has 13 aromatic carbocycles. The number of ether oxygens (including phenoxy) is 16. The molecule has 13 aromatic rings. The number of unbranched alkanes of at least 4 members (excludes halogenated alkanes) is 8. The molecule has 0 atom stereocenters. The zero-order chi connectivity index (χ0) is 90.8. The maximum Gasteiger partial charge on any atom is 0.132 e. The Hall–Kier alpha value is -10.4. The van der Waals surface area contributed by atoms with Crippen LogP contribution in [0.1, 0.15) is 169 Å². The minimum atomic E-state index is -0.110. The van der Waals surface area contributed by atoms with Gasteiger partial charge in [0, 0.05) is 179 Å². The number of aromatic hydroxyl groups is 4. The first-order chi connectivity index (χ1) is 64.0. The van der Waals surface area contributed by atoms with E-state index in [1.807, 2.05) is 84.9 Å². The number of nitrogens with zero attached hydrogens (tertiary/aromatic N) is 2. The van der Waals surface area contributed by atoms with Gasteiger partial charge in [-0.25, -0.2) is 0 Å². The summed E-state index contributed by atoms with van der Waals surface area (Å²) in [5.41, 5.74) is 1.50. The third-order valence-electron chi connectivity index (χ3n) is 23.2. The Labute approximate surface area is 779 Å². The molecule has 4 N–H and O–H groups in total. The molecular formula is C108H132N2NiO20.